The van der Waals surface area contributed by atoms with E-state index >= 15 is 0 Å². The molecule has 3 heterocycles. The topological polar surface area (TPSA) is 104 Å². The van der Waals surface area contributed by atoms with E-state index in [4.69, 9.17) is 4.42 Å². The molecule has 8 nitrogen and oxygen atoms in total. The number of carbonyl (C=O) groups excluding carboxylic acids is 1. The molecule has 8 heteroatoms. The highest BCUT2D eigenvalue weighted by Crippen LogP contribution is 2.53. The second-order valence-electron chi connectivity index (χ2n) is 7.03. The number of piperidine rings is 1. The van der Waals surface area contributed by atoms with Gasteiger partial charge >= 0.3 is 6.01 Å². The summed E-state index contributed by atoms with van der Waals surface area (Å²) in [5.74, 6) is 0.160. The van der Waals surface area contributed by atoms with E-state index in [0.29, 0.717) is 11.0 Å². The van der Waals surface area contributed by atoms with Crippen molar-refractivity contribution >= 4 is 11.9 Å². The predicted octanol–water partition coefficient (Wildman–Crippen LogP) is 1.55. The molecule has 2 aromatic rings. The van der Waals surface area contributed by atoms with Crippen LogP contribution in [0, 0.1) is 12.3 Å². The van der Waals surface area contributed by atoms with Gasteiger partial charge in [0.15, 0.2) is 0 Å². The third kappa shape index (κ3) is 3.29. The average molecular weight is 343 g/mol. The number of likely N-dealkylation sites (tertiary alicyclic amines) is 1. The van der Waals surface area contributed by atoms with Crippen LogP contribution in [-0.4, -0.2) is 45.6 Å². The molecule has 1 aliphatic heterocycles. The molecule has 132 valence electrons. The summed E-state index contributed by atoms with van der Waals surface area (Å²) in [6.45, 7) is 3.56. The van der Waals surface area contributed by atoms with E-state index in [9.17, 15) is 9.59 Å². The average Bonchev–Trinajstić information content (AvgIpc) is 3.18. The van der Waals surface area contributed by atoms with Crippen LogP contribution in [0.3, 0.4) is 0 Å². The number of hydrogen-bond acceptors (Lipinski definition) is 6. The maximum absolute atomic E-state index is 12.3. The number of pyridine rings is 1. The second-order valence-corrected chi connectivity index (χ2v) is 7.03. The normalized spacial score (nSPS) is 18.4. The van der Waals surface area contributed by atoms with Gasteiger partial charge in [-0.25, -0.2) is 0 Å². The van der Waals surface area contributed by atoms with Crippen molar-refractivity contribution < 1.29 is 9.21 Å². The Morgan fingerprint density at radius 2 is 2.04 bits per heavy atom. The summed E-state index contributed by atoms with van der Waals surface area (Å²) in [4.78, 5) is 28.8. The summed E-state index contributed by atoms with van der Waals surface area (Å²) in [5, 5.41) is 10.6. The summed E-state index contributed by atoms with van der Waals surface area (Å²) >= 11 is 0. The number of amides is 1. The van der Waals surface area contributed by atoms with Crippen LogP contribution in [-0.2, 0) is 4.79 Å². The quantitative estimate of drug-likeness (QED) is 0.873. The first-order valence-corrected chi connectivity index (χ1v) is 8.60. The van der Waals surface area contributed by atoms with Crippen molar-refractivity contribution in [1.29, 1.82) is 0 Å². The van der Waals surface area contributed by atoms with Gasteiger partial charge in [0.05, 0.1) is 6.54 Å². The molecule has 25 heavy (non-hydrogen) atoms. The zero-order valence-corrected chi connectivity index (χ0v) is 14.2. The molecule has 2 N–H and O–H groups in total. The Labute approximate surface area is 144 Å². The molecule has 4 rings (SSSR count). The number of aromatic nitrogens is 3. The van der Waals surface area contributed by atoms with Crippen LogP contribution in [0.15, 0.2) is 21.3 Å². The zero-order chi connectivity index (χ0) is 17.4. The number of H-pyrrole nitrogens is 1. The lowest BCUT2D eigenvalue weighted by atomic mass is 9.94. The molecule has 0 unspecified atom stereocenters. The third-order valence-corrected chi connectivity index (χ3v) is 5.24. The summed E-state index contributed by atoms with van der Waals surface area (Å²) in [6, 6.07) is 3.54. The highest BCUT2D eigenvalue weighted by atomic mass is 16.4. The van der Waals surface area contributed by atoms with Crippen molar-refractivity contribution in [3.8, 4) is 11.5 Å². The van der Waals surface area contributed by atoms with Gasteiger partial charge in [0, 0.05) is 18.8 Å². The minimum atomic E-state index is -0.284. The van der Waals surface area contributed by atoms with Gasteiger partial charge in [0.25, 0.3) is 11.4 Å². The van der Waals surface area contributed by atoms with Crippen molar-refractivity contribution in [1.82, 2.24) is 20.1 Å². The molecule has 2 fully saturated rings. The lowest BCUT2D eigenvalue weighted by molar-refractivity contribution is -0.130. The monoisotopic (exact) mass is 343 g/mol. The molecule has 0 atom stereocenters. The van der Waals surface area contributed by atoms with Gasteiger partial charge in [-0.1, -0.05) is 5.10 Å². The number of carbonyl (C=O) groups is 1. The number of rotatable bonds is 4. The minimum Gasteiger partial charge on any atom is -0.403 e. The first kappa shape index (κ1) is 15.9. The van der Waals surface area contributed by atoms with Crippen molar-refractivity contribution in [2.45, 2.75) is 32.6 Å². The Hall–Kier alpha value is -2.64. The summed E-state index contributed by atoms with van der Waals surface area (Å²) in [5.41, 5.74) is 1.33. The van der Waals surface area contributed by atoms with E-state index < -0.39 is 0 Å². The number of nitrogens with zero attached hydrogens (tertiary/aromatic N) is 3. The largest absolute Gasteiger partial charge is 0.403 e. The fourth-order valence-electron chi connectivity index (χ4n) is 3.31. The highest BCUT2D eigenvalue weighted by Gasteiger charge is 2.44. The Bertz CT molecular complexity index is 842. The van der Waals surface area contributed by atoms with Crippen LogP contribution in [0.5, 0.6) is 0 Å². The molecule has 1 saturated carbocycles. The molecular weight excluding hydrogens is 322 g/mol. The lowest BCUT2D eigenvalue weighted by Crippen LogP contribution is -2.41. The second kappa shape index (κ2) is 6.02. The van der Waals surface area contributed by atoms with Gasteiger partial charge in [0.1, 0.15) is 5.56 Å². The number of anilines is 1. The number of nitrogens with one attached hydrogen (secondary N) is 2. The van der Waals surface area contributed by atoms with E-state index in [1.807, 2.05) is 4.90 Å². The van der Waals surface area contributed by atoms with Crippen molar-refractivity contribution in [2.24, 2.45) is 5.41 Å². The zero-order valence-electron chi connectivity index (χ0n) is 14.2. The van der Waals surface area contributed by atoms with Gasteiger partial charge in [-0.2, -0.15) is 0 Å². The molecule has 1 amide bonds. The van der Waals surface area contributed by atoms with Crippen LogP contribution >= 0.6 is 0 Å². The van der Waals surface area contributed by atoms with Crippen LogP contribution in [0.4, 0.5) is 6.01 Å². The minimum absolute atomic E-state index is 0.0310. The molecule has 0 radical (unpaired) electrons. The van der Waals surface area contributed by atoms with Gasteiger partial charge in [-0.3, -0.25) is 9.59 Å². The van der Waals surface area contributed by atoms with Gasteiger partial charge < -0.3 is 19.6 Å². The van der Waals surface area contributed by atoms with Gasteiger partial charge in [-0.05, 0) is 50.2 Å². The standard InChI is InChI=1S/C17H21N5O3/c1-11-2-3-12(14(24)19-11)15-20-21-16(25-15)18-10-13(23)22-8-6-17(4-5-17)7-9-22/h2-3H,4-10H2,1H3,(H,18,21)(H,19,24). The molecule has 0 bridgehead atoms. The van der Waals surface area contributed by atoms with Crippen LogP contribution in [0.1, 0.15) is 31.4 Å². The molecule has 1 aliphatic carbocycles. The number of aromatic amines is 1. The van der Waals surface area contributed by atoms with Gasteiger partial charge in [0.2, 0.25) is 5.91 Å². The fourth-order valence-corrected chi connectivity index (χ4v) is 3.31. The molecule has 2 aromatic heterocycles. The first-order chi connectivity index (χ1) is 12.0. The van der Waals surface area contributed by atoms with Crippen molar-refractivity contribution in [3.63, 3.8) is 0 Å². The predicted molar refractivity (Wildman–Crippen MR) is 91.1 cm³/mol. The number of aryl methyl sites for hydroxylation is 1. The molecule has 1 spiro atoms. The molecular formula is C17H21N5O3. The van der Waals surface area contributed by atoms with Gasteiger partial charge in [-0.15, -0.1) is 5.10 Å². The first-order valence-electron chi connectivity index (χ1n) is 8.60. The number of hydrogen-bond donors (Lipinski definition) is 2. The summed E-state index contributed by atoms with van der Waals surface area (Å²) in [6.07, 6.45) is 4.85. The smallest absolute Gasteiger partial charge is 0.316 e. The Morgan fingerprint density at radius 3 is 2.72 bits per heavy atom. The van der Waals surface area contributed by atoms with E-state index in [-0.39, 0.29) is 29.9 Å². The maximum Gasteiger partial charge on any atom is 0.316 e. The SMILES string of the molecule is Cc1ccc(-c2nnc(NCC(=O)N3CCC4(CC3)CC4)o2)c(=O)[nH]1. The molecule has 1 saturated heterocycles. The third-order valence-electron chi connectivity index (χ3n) is 5.24. The van der Waals surface area contributed by atoms with E-state index in [2.05, 4.69) is 20.5 Å². The highest BCUT2D eigenvalue weighted by molar-refractivity contribution is 5.80. The van der Waals surface area contributed by atoms with Crippen LogP contribution < -0.4 is 10.9 Å². The Kier molecular flexibility index (Phi) is 3.82. The van der Waals surface area contributed by atoms with Crippen LogP contribution in [0.25, 0.3) is 11.5 Å². The molecule has 2 aliphatic rings. The molecule has 0 aromatic carbocycles. The van der Waals surface area contributed by atoms with Crippen molar-refractivity contribution in [2.75, 3.05) is 25.0 Å². The maximum atomic E-state index is 12.3. The lowest BCUT2D eigenvalue weighted by Gasteiger charge is -2.32. The Morgan fingerprint density at radius 1 is 1.28 bits per heavy atom. The van der Waals surface area contributed by atoms with E-state index in [1.165, 1.54) is 12.8 Å². The van der Waals surface area contributed by atoms with Crippen molar-refractivity contribution in [3.05, 3.63) is 28.2 Å². The van der Waals surface area contributed by atoms with E-state index in [1.54, 1.807) is 19.1 Å². The van der Waals surface area contributed by atoms with Crippen LogP contribution in [0.2, 0.25) is 0 Å². The Balaban J connectivity index is 1.35. The summed E-state index contributed by atoms with van der Waals surface area (Å²) < 4.78 is 5.45. The fraction of sp³-hybridized carbons (Fsp3) is 0.529. The summed E-state index contributed by atoms with van der Waals surface area (Å²) in [7, 11) is 0. The van der Waals surface area contributed by atoms with E-state index in [0.717, 1.165) is 31.6 Å².